The molecule has 0 aliphatic carbocycles. The fourth-order valence-corrected chi connectivity index (χ4v) is 1.74. The molecular formula is C10H6F3NO3S. The van der Waals surface area contributed by atoms with Crippen LogP contribution in [-0.4, -0.2) is 18.9 Å². The molecule has 18 heavy (non-hydrogen) atoms. The van der Waals surface area contributed by atoms with Gasteiger partial charge in [0.2, 0.25) is 5.88 Å². The van der Waals surface area contributed by atoms with E-state index in [0.717, 1.165) is 0 Å². The summed E-state index contributed by atoms with van der Waals surface area (Å²) in [6.07, 6.45) is 1.17. The Labute approximate surface area is 100 Å². The van der Waals surface area contributed by atoms with Gasteiger partial charge < -0.3 is 4.18 Å². The molecule has 0 radical (unpaired) electrons. The summed E-state index contributed by atoms with van der Waals surface area (Å²) in [5.74, 6) is -0.592. The van der Waals surface area contributed by atoms with Crippen LogP contribution in [-0.2, 0) is 10.1 Å². The molecule has 0 spiro atoms. The van der Waals surface area contributed by atoms with Crippen molar-refractivity contribution in [3.63, 3.8) is 0 Å². The topological polar surface area (TPSA) is 56.3 Å². The van der Waals surface area contributed by atoms with Gasteiger partial charge in [-0.25, -0.2) is 4.98 Å². The molecule has 0 saturated heterocycles. The molecule has 0 amide bonds. The van der Waals surface area contributed by atoms with Gasteiger partial charge in [0.15, 0.2) is 0 Å². The van der Waals surface area contributed by atoms with E-state index < -0.39 is 21.5 Å². The molecule has 0 aliphatic rings. The number of fused-ring (bicyclic) bond motifs is 1. The van der Waals surface area contributed by atoms with Gasteiger partial charge in [0, 0.05) is 11.6 Å². The summed E-state index contributed by atoms with van der Waals surface area (Å²) in [4.78, 5) is 3.50. The number of pyridine rings is 1. The quantitative estimate of drug-likeness (QED) is 0.625. The predicted molar refractivity (Wildman–Crippen MR) is 57.3 cm³/mol. The Bertz CT molecular complexity index is 677. The summed E-state index contributed by atoms with van der Waals surface area (Å²) >= 11 is 0. The summed E-state index contributed by atoms with van der Waals surface area (Å²) in [7, 11) is -5.70. The van der Waals surface area contributed by atoms with Gasteiger partial charge in [-0.05, 0) is 17.5 Å². The Balaban J connectivity index is 2.51. The summed E-state index contributed by atoms with van der Waals surface area (Å²) in [5.41, 5.74) is -5.48. The second-order valence-corrected chi connectivity index (χ2v) is 4.86. The van der Waals surface area contributed by atoms with Crippen molar-refractivity contribution in [2.45, 2.75) is 5.51 Å². The van der Waals surface area contributed by atoms with E-state index in [0.29, 0.717) is 5.39 Å². The Morgan fingerprint density at radius 3 is 2.44 bits per heavy atom. The van der Waals surface area contributed by atoms with Crippen molar-refractivity contribution in [1.29, 1.82) is 0 Å². The van der Waals surface area contributed by atoms with Crippen LogP contribution < -0.4 is 4.18 Å². The first-order valence-corrected chi connectivity index (χ1v) is 6.06. The molecule has 1 heterocycles. The average molecular weight is 277 g/mol. The molecule has 0 N–H and O–H groups in total. The van der Waals surface area contributed by atoms with Crippen LogP contribution >= 0.6 is 0 Å². The first-order valence-electron chi connectivity index (χ1n) is 4.66. The molecule has 0 aliphatic heterocycles. The van der Waals surface area contributed by atoms with Gasteiger partial charge in [0.25, 0.3) is 0 Å². The van der Waals surface area contributed by atoms with E-state index in [4.69, 9.17) is 0 Å². The molecule has 4 nitrogen and oxygen atoms in total. The number of nitrogens with zero attached hydrogens (tertiary/aromatic N) is 1. The van der Waals surface area contributed by atoms with Crippen LogP contribution in [0.2, 0.25) is 0 Å². The maximum absolute atomic E-state index is 12.2. The molecule has 0 saturated carbocycles. The molecule has 0 bridgehead atoms. The zero-order valence-corrected chi connectivity index (χ0v) is 9.49. The van der Waals surface area contributed by atoms with Crippen molar-refractivity contribution >= 4 is 20.9 Å². The van der Waals surface area contributed by atoms with Gasteiger partial charge >= 0.3 is 15.6 Å². The van der Waals surface area contributed by atoms with E-state index in [1.54, 1.807) is 12.1 Å². The van der Waals surface area contributed by atoms with Crippen molar-refractivity contribution in [2.75, 3.05) is 0 Å². The van der Waals surface area contributed by atoms with Crippen LogP contribution in [0.25, 0.3) is 10.8 Å². The number of rotatable bonds is 2. The minimum Gasteiger partial charge on any atom is -0.355 e. The van der Waals surface area contributed by atoms with Crippen LogP contribution in [0.3, 0.4) is 0 Å². The van der Waals surface area contributed by atoms with Gasteiger partial charge in [-0.3, -0.25) is 0 Å². The lowest BCUT2D eigenvalue weighted by Crippen LogP contribution is -2.28. The average Bonchev–Trinajstić information content (AvgIpc) is 2.27. The highest BCUT2D eigenvalue weighted by Gasteiger charge is 2.49. The van der Waals surface area contributed by atoms with E-state index in [9.17, 15) is 21.6 Å². The number of benzene rings is 1. The summed E-state index contributed by atoms with van der Waals surface area (Å²) in [6, 6.07) is 7.75. The van der Waals surface area contributed by atoms with Crippen LogP contribution in [0.15, 0.2) is 36.5 Å². The number of halogens is 3. The molecule has 0 unspecified atom stereocenters. The molecular weight excluding hydrogens is 271 g/mol. The fourth-order valence-electron chi connectivity index (χ4n) is 1.31. The van der Waals surface area contributed by atoms with Crippen molar-refractivity contribution in [3.05, 3.63) is 36.5 Å². The van der Waals surface area contributed by atoms with Gasteiger partial charge in [-0.1, -0.05) is 18.2 Å². The third kappa shape index (κ3) is 2.23. The Morgan fingerprint density at radius 1 is 1.11 bits per heavy atom. The molecule has 1 aromatic heterocycles. The maximum atomic E-state index is 12.2. The van der Waals surface area contributed by atoms with E-state index in [1.807, 2.05) is 0 Å². The fraction of sp³-hybridized carbons (Fsp3) is 0.100. The molecule has 0 fully saturated rings. The van der Waals surface area contributed by atoms with Gasteiger partial charge in [-0.15, -0.1) is 0 Å². The zero-order valence-electron chi connectivity index (χ0n) is 8.68. The van der Waals surface area contributed by atoms with Crippen LogP contribution in [0.1, 0.15) is 0 Å². The van der Waals surface area contributed by atoms with Crippen molar-refractivity contribution in [3.8, 4) is 5.88 Å². The zero-order chi connectivity index (χ0) is 13.4. The van der Waals surface area contributed by atoms with E-state index >= 15 is 0 Å². The van der Waals surface area contributed by atoms with Crippen LogP contribution in [0.4, 0.5) is 13.2 Å². The second kappa shape index (κ2) is 4.13. The highest BCUT2D eigenvalue weighted by atomic mass is 32.2. The summed E-state index contributed by atoms with van der Waals surface area (Å²) < 4.78 is 62.3. The summed E-state index contributed by atoms with van der Waals surface area (Å²) in [5, 5.41) is 0.715. The lowest BCUT2D eigenvalue weighted by atomic mass is 10.2. The molecule has 0 atom stereocenters. The minimum atomic E-state index is -5.70. The SMILES string of the molecule is O=S(=O)(Oc1nccc2ccccc12)C(F)(F)F. The van der Waals surface area contributed by atoms with Crippen LogP contribution in [0, 0.1) is 0 Å². The van der Waals surface area contributed by atoms with Crippen molar-refractivity contribution < 1.29 is 25.8 Å². The first-order chi connectivity index (χ1) is 8.31. The Hall–Kier alpha value is -1.83. The van der Waals surface area contributed by atoms with E-state index in [2.05, 4.69) is 9.17 Å². The molecule has 96 valence electrons. The largest absolute Gasteiger partial charge is 0.534 e. The molecule has 2 rings (SSSR count). The molecule has 2 aromatic rings. The highest BCUT2D eigenvalue weighted by Crippen LogP contribution is 2.29. The van der Waals surface area contributed by atoms with Gasteiger partial charge in [-0.2, -0.15) is 21.6 Å². The minimum absolute atomic E-state index is 0.188. The molecule has 8 heteroatoms. The Morgan fingerprint density at radius 2 is 1.78 bits per heavy atom. The highest BCUT2D eigenvalue weighted by molar-refractivity contribution is 7.88. The van der Waals surface area contributed by atoms with Crippen LogP contribution in [0.5, 0.6) is 5.88 Å². The lowest BCUT2D eigenvalue weighted by Gasteiger charge is -2.10. The maximum Gasteiger partial charge on any atom is 0.534 e. The monoisotopic (exact) mass is 277 g/mol. The molecule has 1 aromatic carbocycles. The predicted octanol–water partition coefficient (Wildman–Crippen LogP) is 2.46. The third-order valence-electron chi connectivity index (χ3n) is 2.11. The van der Waals surface area contributed by atoms with E-state index in [-0.39, 0.29) is 5.39 Å². The van der Waals surface area contributed by atoms with Gasteiger partial charge in [0.05, 0.1) is 0 Å². The third-order valence-corrected chi connectivity index (χ3v) is 3.05. The number of alkyl halides is 3. The first kappa shape index (κ1) is 12.6. The van der Waals surface area contributed by atoms with Crippen molar-refractivity contribution in [2.24, 2.45) is 0 Å². The normalized spacial score (nSPS) is 12.6. The number of hydrogen-bond acceptors (Lipinski definition) is 4. The van der Waals surface area contributed by atoms with Gasteiger partial charge in [0.1, 0.15) is 0 Å². The lowest BCUT2D eigenvalue weighted by molar-refractivity contribution is -0.0500. The van der Waals surface area contributed by atoms with E-state index in [1.165, 1.54) is 24.4 Å². The number of aromatic nitrogens is 1. The summed E-state index contributed by atoms with van der Waals surface area (Å²) in [6.45, 7) is 0. The number of hydrogen-bond donors (Lipinski definition) is 0. The van der Waals surface area contributed by atoms with Crippen molar-refractivity contribution in [1.82, 2.24) is 4.98 Å². The standard InChI is InChI=1S/C10H6F3NO3S/c11-10(12,13)18(15,16)17-9-8-4-2-1-3-7(8)5-6-14-9/h1-6H. The second-order valence-electron chi connectivity index (χ2n) is 3.32. The Kier molecular flexibility index (Phi) is 2.89. The smallest absolute Gasteiger partial charge is 0.355 e.